The summed E-state index contributed by atoms with van der Waals surface area (Å²) in [6.45, 7) is 10.4. The Bertz CT molecular complexity index is 1140. The highest BCUT2D eigenvalue weighted by molar-refractivity contribution is 5.67. The number of carbonyl (C=O) groups is 1. The van der Waals surface area contributed by atoms with Crippen molar-refractivity contribution >= 4 is 11.7 Å². The fourth-order valence-electron chi connectivity index (χ4n) is 4.66. The van der Waals surface area contributed by atoms with E-state index in [2.05, 4.69) is 43.0 Å². The predicted molar refractivity (Wildman–Crippen MR) is 138 cm³/mol. The van der Waals surface area contributed by atoms with Gasteiger partial charge in [-0.2, -0.15) is 0 Å². The maximum atomic E-state index is 10.9. The number of benzene rings is 2. The lowest BCUT2D eigenvalue weighted by Crippen LogP contribution is -2.29. The third kappa shape index (κ3) is 6.05. The molecule has 186 valence electrons. The van der Waals surface area contributed by atoms with Crippen LogP contribution in [0.4, 0.5) is 5.69 Å². The first kappa shape index (κ1) is 24.8. The van der Waals surface area contributed by atoms with Crippen LogP contribution in [0.3, 0.4) is 0 Å². The number of carboxylic acid groups (broad SMARTS) is 1. The predicted octanol–water partition coefficient (Wildman–Crippen LogP) is 6.92. The second-order valence-corrected chi connectivity index (χ2v) is 9.76. The fourth-order valence-corrected chi connectivity index (χ4v) is 4.66. The SMILES string of the molecule is Cc1cc(OC(C)c2oc(-c3ccc(N4CCCCC4)cc3)nc2C(C)C)ccc1CCC(=O)O. The van der Waals surface area contributed by atoms with Crippen LogP contribution >= 0.6 is 0 Å². The Morgan fingerprint density at radius 2 is 1.80 bits per heavy atom. The zero-order chi connectivity index (χ0) is 24.9. The Hall–Kier alpha value is -3.28. The summed E-state index contributed by atoms with van der Waals surface area (Å²) in [4.78, 5) is 18.2. The summed E-state index contributed by atoms with van der Waals surface area (Å²) in [6, 6.07) is 14.3. The van der Waals surface area contributed by atoms with Gasteiger partial charge in [-0.25, -0.2) is 4.98 Å². The lowest BCUT2D eigenvalue weighted by molar-refractivity contribution is -0.136. The van der Waals surface area contributed by atoms with E-state index in [1.807, 2.05) is 32.0 Å². The molecule has 1 atom stereocenters. The quantitative estimate of drug-likeness (QED) is 0.361. The minimum absolute atomic E-state index is 0.120. The molecule has 1 aliphatic heterocycles. The number of aromatic nitrogens is 1. The van der Waals surface area contributed by atoms with E-state index >= 15 is 0 Å². The molecule has 0 spiro atoms. The third-order valence-corrected chi connectivity index (χ3v) is 6.67. The van der Waals surface area contributed by atoms with Gasteiger partial charge in [0, 0.05) is 30.8 Å². The second kappa shape index (κ2) is 11.0. The topological polar surface area (TPSA) is 75.8 Å². The molecule has 2 aromatic carbocycles. The van der Waals surface area contributed by atoms with Crippen LogP contribution in [-0.4, -0.2) is 29.1 Å². The van der Waals surface area contributed by atoms with Crippen molar-refractivity contribution in [3.8, 4) is 17.2 Å². The molecule has 2 heterocycles. The van der Waals surface area contributed by atoms with Crippen molar-refractivity contribution in [2.24, 2.45) is 0 Å². The van der Waals surface area contributed by atoms with E-state index in [0.29, 0.717) is 12.3 Å². The van der Waals surface area contributed by atoms with Gasteiger partial charge in [-0.1, -0.05) is 19.9 Å². The van der Waals surface area contributed by atoms with Crippen LogP contribution in [0.1, 0.15) is 81.1 Å². The van der Waals surface area contributed by atoms with E-state index in [0.717, 1.165) is 47.0 Å². The summed E-state index contributed by atoms with van der Waals surface area (Å²) < 4.78 is 12.5. The Balaban J connectivity index is 1.51. The smallest absolute Gasteiger partial charge is 0.303 e. The molecule has 1 fully saturated rings. The molecule has 0 bridgehead atoms. The minimum Gasteiger partial charge on any atom is -0.483 e. The Labute approximate surface area is 207 Å². The lowest BCUT2D eigenvalue weighted by atomic mass is 10.0. The molecule has 0 radical (unpaired) electrons. The normalized spacial score (nSPS) is 14.8. The summed E-state index contributed by atoms with van der Waals surface area (Å²) in [6.07, 6.45) is 4.15. The average molecular weight is 477 g/mol. The molecule has 1 unspecified atom stereocenters. The molecule has 35 heavy (non-hydrogen) atoms. The van der Waals surface area contributed by atoms with E-state index in [1.54, 1.807) is 0 Å². The largest absolute Gasteiger partial charge is 0.483 e. The van der Waals surface area contributed by atoms with E-state index in [1.165, 1.54) is 24.9 Å². The molecule has 0 aliphatic carbocycles. The first-order valence-corrected chi connectivity index (χ1v) is 12.7. The number of nitrogens with zero attached hydrogens (tertiary/aromatic N) is 2. The van der Waals surface area contributed by atoms with E-state index < -0.39 is 5.97 Å². The molecule has 6 nitrogen and oxygen atoms in total. The molecular formula is C29H36N2O4. The van der Waals surface area contributed by atoms with Gasteiger partial charge in [0.15, 0.2) is 11.9 Å². The van der Waals surface area contributed by atoms with E-state index in [4.69, 9.17) is 19.2 Å². The van der Waals surface area contributed by atoms with Crippen LogP contribution in [-0.2, 0) is 11.2 Å². The standard InChI is InChI=1S/C29H36N2O4/c1-19(2)27-28(21(4)34-25-14-10-22(20(3)18-25)11-15-26(32)33)35-29(30-27)23-8-12-24(13-9-23)31-16-6-5-7-17-31/h8-10,12-14,18-19,21H,5-7,11,15-17H2,1-4H3,(H,32,33). The first-order chi connectivity index (χ1) is 16.8. The minimum atomic E-state index is -0.790. The maximum absolute atomic E-state index is 10.9. The van der Waals surface area contributed by atoms with Crippen molar-refractivity contribution in [2.45, 2.75) is 71.8 Å². The van der Waals surface area contributed by atoms with Crippen molar-refractivity contribution in [3.63, 3.8) is 0 Å². The van der Waals surface area contributed by atoms with Crippen molar-refractivity contribution in [2.75, 3.05) is 18.0 Å². The lowest BCUT2D eigenvalue weighted by Gasteiger charge is -2.28. The molecule has 4 rings (SSSR count). The number of hydrogen-bond acceptors (Lipinski definition) is 5. The fraction of sp³-hybridized carbons (Fsp3) is 0.448. The molecule has 1 aliphatic rings. The van der Waals surface area contributed by atoms with Crippen LogP contribution in [0, 0.1) is 6.92 Å². The van der Waals surface area contributed by atoms with E-state index in [9.17, 15) is 4.79 Å². The van der Waals surface area contributed by atoms with Crippen LogP contribution in [0.15, 0.2) is 46.9 Å². The highest BCUT2D eigenvalue weighted by atomic mass is 16.5. The van der Waals surface area contributed by atoms with Gasteiger partial charge in [0.25, 0.3) is 0 Å². The van der Waals surface area contributed by atoms with Gasteiger partial charge < -0.3 is 19.2 Å². The van der Waals surface area contributed by atoms with Crippen LogP contribution in [0.2, 0.25) is 0 Å². The number of ether oxygens (including phenoxy) is 1. The van der Waals surface area contributed by atoms with Gasteiger partial charge in [-0.15, -0.1) is 0 Å². The number of aliphatic carboxylic acids is 1. The summed E-state index contributed by atoms with van der Waals surface area (Å²) in [5.74, 6) is 1.49. The zero-order valence-electron chi connectivity index (χ0n) is 21.2. The molecule has 1 aromatic heterocycles. The number of rotatable bonds is 9. The van der Waals surface area contributed by atoms with Crippen molar-refractivity contribution in [1.82, 2.24) is 4.98 Å². The summed E-state index contributed by atoms with van der Waals surface area (Å²) >= 11 is 0. The van der Waals surface area contributed by atoms with Crippen molar-refractivity contribution in [3.05, 3.63) is 65.0 Å². The summed E-state index contributed by atoms with van der Waals surface area (Å²) in [5.41, 5.74) is 5.16. The van der Waals surface area contributed by atoms with Gasteiger partial charge in [-0.05, 0) is 93.0 Å². The van der Waals surface area contributed by atoms with Gasteiger partial charge >= 0.3 is 5.97 Å². The Morgan fingerprint density at radius 3 is 2.43 bits per heavy atom. The summed E-state index contributed by atoms with van der Waals surface area (Å²) in [5, 5.41) is 8.95. The number of piperidine rings is 1. The third-order valence-electron chi connectivity index (χ3n) is 6.67. The molecule has 6 heteroatoms. The van der Waals surface area contributed by atoms with Crippen molar-refractivity contribution < 1.29 is 19.1 Å². The molecule has 0 amide bonds. The van der Waals surface area contributed by atoms with Gasteiger partial charge in [-0.3, -0.25) is 4.79 Å². The molecule has 1 saturated heterocycles. The first-order valence-electron chi connectivity index (χ1n) is 12.7. The average Bonchev–Trinajstić information content (AvgIpc) is 3.30. The van der Waals surface area contributed by atoms with Crippen LogP contribution in [0.25, 0.3) is 11.5 Å². The Morgan fingerprint density at radius 1 is 1.09 bits per heavy atom. The monoisotopic (exact) mass is 476 g/mol. The molecule has 0 saturated carbocycles. The number of hydrogen-bond donors (Lipinski definition) is 1. The highest BCUT2D eigenvalue weighted by Crippen LogP contribution is 2.34. The number of anilines is 1. The maximum Gasteiger partial charge on any atom is 0.303 e. The highest BCUT2D eigenvalue weighted by Gasteiger charge is 2.24. The van der Waals surface area contributed by atoms with Crippen LogP contribution < -0.4 is 9.64 Å². The Kier molecular flexibility index (Phi) is 7.79. The second-order valence-electron chi connectivity index (χ2n) is 9.76. The van der Waals surface area contributed by atoms with Gasteiger partial charge in [0.2, 0.25) is 5.89 Å². The van der Waals surface area contributed by atoms with Crippen molar-refractivity contribution in [1.29, 1.82) is 0 Å². The van der Waals surface area contributed by atoms with E-state index in [-0.39, 0.29) is 18.4 Å². The zero-order valence-corrected chi connectivity index (χ0v) is 21.2. The van der Waals surface area contributed by atoms with Crippen LogP contribution in [0.5, 0.6) is 5.75 Å². The number of oxazole rings is 1. The molecule has 1 N–H and O–H groups in total. The molecule has 3 aromatic rings. The summed E-state index contributed by atoms with van der Waals surface area (Å²) in [7, 11) is 0. The molecular weight excluding hydrogens is 440 g/mol. The van der Waals surface area contributed by atoms with Gasteiger partial charge in [0.05, 0.1) is 5.69 Å². The number of aryl methyl sites for hydroxylation is 2. The van der Waals surface area contributed by atoms with Gasteiger partial charge in [0.1, 0.15) is 5.75 Å². The number of carboxylic acids is 1.